The van der Waals surface area contributed by atoms with Crippen LogP contribution in [-0.4, -0.2) is 56.2 Å². The van der Waals surface area contributed by atoms with Crippen molar-refractivity contribution in [1.82, 2.24) is 0 Å². The zero-order valence-corrected chi connectivity index (χ0v) is 26.0. The minimum absolute atomic E-state index is 0.276. The number of hydrogen-bond donors (Lipinski definition) is 0. The molecular formula is C29H21F11O7S2. The Labute approximate surface area is 271 Å². The lowest BCUT2D eigenvalue weighted by molar-refractivity contribution is -0.382. The molecule has 0 radical (unpaired) electrons. The van der Waals surface area contributed by atoms with Gasteiger partial charge in [-0.2, -0.15) is 56.7 Å². The predicted octanol–water partition coefficient (Wildman–Crippen LogP) is 8.32. The van der Waals surface area contributed by atoms with Crippen LogP contribution in [-0.2, 0) is 28.1 Å². The molecule has 0 spiro atoms. The minimum Gasteiger partial charge on any atom is -0.455 e. The van der Waals surface area contributed by atoms with E-state index in [1.165, 1.54) is 36.4 Å². The standard InChI is InChI=1S/C29H21F11O7S2/c1-18(2)23(41)45-17-25(30,31)24(42)46-19-13-15-22(16-14-19)48(20-9-5-3-6-10-20,21-11-7-4-8-12-21)47-49(43,44)29(39,40)27(34,35)26(32,33)28(36,37)38/h3-16H,1,17H2,2H3. The van der Waals surface area contributed by atoms with Crippen LogP contribution in [0.1, 0.15) is 6.92 Å². The maximum Gasteiger partial charge on any atom is 0.460 e. The van der Waals surface area contributed by atoms with Crippen LogP contribution < -0.4 is 4.74 Å². The average Bonchev–Trinajstić information content (AvgIpc) is 3.02. The van der Waals surface area contributed by atoms with E-state index in [9.17, 15) is 66.3 Å². The first-order valence-corrected chi connectivity index (χ1v) is 15.9. The second-order valence-corrected chi connectivity index (χ2v) is 14.3. The van der Waals surface area contributed by atoms with Gasteiger partial charge in [-0.05, 0) is 65.8 Å². The lowest BCUT2D eigenvalue weighted by Gasteiger charge is -2.41. The lowest BCUT2D eigenvalue weighted by Crippen LogP contribution is -2.63. The summed E-state index contributed by atoms with van der Waals surface area (Å²) >= 11 is 0. The molecule has 49 heavy (non-hydrogen) atoms. The molecule has 0 aromatic heterocycles. The zero-order chi connectivity index (χ0) is 37.3. The fourth-order valence-corrected chi connectivity index (χ4v) is 8.88. The number of ether oxygens (including phenoxy) is 2. The molecule has 268 valence electrons. The summed E-state index contributed by atoms with van der Waals surface area (Å²) in [5.74, 6) is -23.9. The minimum atomic E-state index is -7.61. The number of rotatable bonds is 13. The Kier molecular flexibility index (Phi) is 10.9. The second-order valence-electron chi connectivity index (χ2n) is 9.79. The Bertz CT molecular complexity index is 1740. The third-order valence-corrected chi connectivity index (χ3v) is 11.4. The first kappa shape index (κ1) is 39.3. The van der Waals surface area contributed by atoms with E-state index >= 15 is 0 Å². The lowest BCUT2D eigenvalue weighted by atomic mass is 10.1. The molecule has 0 fully saturated rings. The highest BCUT2D eigenvalue weighted by atomic mass is 32.3. The summed E-state index contributed by atoms with van der Waals surface area (Å²) in [7, 11) is -11.9. The van der Waals surface area contributed by atoms with Crippen molar-refractivity contribution in [3.05, 3.63) is 97.1 Å². The molecule has 0 atom stereocenters. The van der Waals surface area contributed by atoms with E-state index in [0.717, 1.165) is 43.3 Å². The van der Waals surface area contributed by atoms with Crippen LogP contribution in [0.25, 0.3) is 0 Å². The van der Waals surface area contributed by atoms with E-state index < -0.39 is 88.6 Å². The highest BCUT2D eigenvalue weighted by Crippen LogP contribution is 2.71. The van der Waals surface area contributed by atoms with Crippen LogP contribution in [0.2, 0.25) is 0 Å². The van der Waals surface area contributed by atoms with Gasteiger partial charge in [-0.1, -0.05) is 43.0 Å². The molecule has 3 rings (SSSR count). The van der Waals surface area contributed by atoms with Gasteiger partial charge in [-0.25, -0.2) is 13.2 Å². The maximum absolute atomic E-state index is 15.0. The highest BCUT2D eigenvalue weighted by molar-refractivity contribution is 8.33. The monoisotopic (exact) mass is 754 g/mol. The van der Waals surface area contributed by atoms with Gasteiger partial charge in [0.1, 0.15) is 5.75 Å². The Hall–Kier alpha value is -4.17. The molecule has 0 unspecified atom stereocenters. The normalized spacial score (nSPS) is 13.8. The quantitative estimate of drug-likeness (QED) is 0.0750. The van der Waals surface area contributed by atoms with Crippen molar-refractivity contribution in [2.45, 2.75) is 50.8 Å². The van der Waals surface area contributed by atoms with Gasteiger partial charge in [0.2, 0.25) is 0 Å². The van der Waals surface area contributed by atoms with Crippen molar-refractivity contribution >= 4 is 32.4 Å². The SMILES string of the molecule is C=C(C)C(=O)OCC(F)(F)C(=O)Oc1ccc(S(OS(=O)(=O)C(F)(F)C(F)(F)C(F)(F)C(F)(F)F)(c2ccccc2)c2ccccc2)cc1. The van der Waals surface area contributed by atoms with Gasteiger partial charge in [-0.15, -0.1) is 0 Å². The highest BCUT2D eigenvalue weighted by Gasteiger charge is 2.86. The molecule has 3 aromatic rings. The molecule has 20 heteroatoms. The number of benzene rings is 3. The fourth-order valence-electron chi connectivity index (χ4n) is 3.66. The van der Waals surface area contributed by atoms with Crippen LogP contribution in [0.3, 0.4) is 0 Å². The van der Waals surface area contributed by atoms with E-state index in [2.05, 4.69) is 16.1 Å². The summed E-state index contributed by atoms with van der Waals surface area (Å²) < 4.78 is 192. The fraction of sp³-hybridized carbons (Fsp3) is 0.241. The van der Waals surface area contributed by atoms with E-state index in [-0.39, 0.29) is 5.57 Å². The van der Waals surface area contributed by atoms with E-state index in [4.69, 9.17) is 3.63 Å². The number of carbonyl (C=O) groups excluding carboxylic acids is 2. The largest absolute Gasteiger partial charge is 0.460 e. The summed E-state index contributed by atoms with van der Waals surface area (Å²) in [6.07, 6.45) is -7.34. The second kappa shape index (κ2) is 13.6. The molecule has 0 saturated heterocycles. The molecule has 0 heterocycles. The maximum atomic E-state index is 15.0. The number of alkyl halides is 11. The molecule has 0 amide bonds. The summed E-state index contributed by atoms with van der Waals surface area (Å²) in [5, 5.41) is -7.23. The molecule has 7 nitrogen and oxygen atoms in total. The van der Waals surface area contributed by atoms with Crippen LogP contribution in [0.15, 0.2) is 112 Å². The molecule has 0 aliphatic rings. The van der Waals surface area contributed by atoms with Crippen molar-refractivity contribution < 1.29 is 79.4 Å². The van der Waals surface area contributed by atoms with Crippen LogP contribution in [0, 0.1) is 0 Å². The van der Waals surface area contributed by atoms with Crippen molar-refractivity contribution in [3.8, 4) is 5.75 Å². The molecule has 3 aromatic carbocycles. The van der Waals surface area contributed by atoms with Gasteiger partial charge < -0.3 is 9.47 Å². The van der Waals surface area contributed by atoms with E-state index in [1.807, 2.05) is 0 Å². The first-order valence-electron chi connectivity index (χ1n) is 13.0. The van der Waals surface area contributed by atoms with Gasteiger partial charge in [-0.3, -0.25) is 0 Å². The van der Waals surface area contributed by atoms with Crippen molar-refractivity contribution in [3.63, 3.8) is 0 Å². The van der Waals surface area contributed by atoms with E-state index in [1.54, 1.807) is 0 Å². The third-order valence-electron chi connectivity index (χ3n) is 6.17. The Morgan fingerprint density at radius 2 is 1.10 bits per heavy atom. The van der Waals surface area contributed by atoms with Gasteiger partial charge in [0, 0.05) is 20.3 Å². The molecule has 0 N–H and O–H groups in total. The first-order chi connectivity index (χ1) is 22.3. The summed E-state index contributed by atoms with van der Waals surface area (Å²) in [6, 6.07) is 14.3. The van der Waals surface area contributed by atoms with Gasteiger partial charge in [0.05, 0.1) is 0 Å². The van der Waals surface area contributed by atoms with Crippen molar-refractivity contribution in [2.75, 3.05) is 6.61 Å². The molecule has 0 aliphatic carbocycles. The molecule has 0 saturated carbocycles. The van der Waals surface area contributed by atoms with Gasteiger partial charge in [0.25, 0.3) is 0 Å². The zero-order valence-electron chi connectivity index (χ0n) is 24.3. The average molecular weight is 755 g/mol. The smallest absolute Gasteiger partial charge is 0.455 e. The topological polar surface area (TPSA) is 96.0 Å². The number of esters is 2. The number of halogens is 11. The number of carbonyl (C=O) groups is 2. The molecule has 0 bridgehead atoms. The molecular weight excluding hydrogens is 733 g/mol. The van der Waals surface area contributed by atoms with Crippen molar-refractivity contribution in [2.24, 2.45) is 0 Å². The van der Waals surface area contributed by atoms with Crippen LogP contribution >= 0.6 is 10.3 Å². The van der Waals surface area contributed by atoms with Gasteiger partial charge in [0.15, 0.2) is 6.61 Å². The number of hydrogen-bond acceptors (Lipinski definition) is 7. The molecule has 0 aliphatic heterocycles. The summed E-state index contributed by atoms with van der Waals surface area (Å²) in [5.41, 5.74) is -0.276. The van der Waals surface area contributed by atoms with Crippen molar-refractivity contribution in [1.29, 1.82) is 0 Å². The summed E-state index contributed by atoms with van der Waals surface area (Å²) in [6.45, 7) is 2.53. The Morgan fingerprint density at radius 3 is 1.51 bits per heavy atom. The van der Waals surface area contributed by atoms with Crippen LogP contribution in [0.5, 0.6) is 5.75 Å². The summed E-state index contributed by atoms with van der Waals surface area (Å²) in [4.78, 5) is 22.1. The van der Waals surface area contributed by atoms with Crippen LogP contribution in [0.4, 0.5) is 48.3 Å². The third kappa shape index (κ3) is 7.40. The van der Waals surface area contributed by atoms with Gasteiger partial charge >= 0.3 is 51.3 Å². The van der Waals surface area contributed by atoms with E-state index in [0.29, 0.717) is 12.1 Å². The Morgan fingerprint density at radius 1 is 0.673 bits per heavy atom. The predicted molar refractivity (Wildman–Crippen MR) is 149 cm³/mol. The Balaban J connectivity index is 2.18.